The molecule has 1 atom stereocenters. The number of nitrogens with two attached hydrogens (primary N) is 1. The molecule has 15 heavy (non-hydrogen) atoms. The topological polar surface area (TPSA) is 38.5 Å². The Labute approximate surface area is 94.0 Å². The molecule has 1 saturated carbocycles. The van der Waals surface area contributed by atoms with Crippen molar-refractivity contribution in [2.75, 3.05) is 26.8 Å². The van der Waals surface area contributed by atoms with Crippen LogP contribution in [0.2, 0.25) is 0 Å². The Kier molecular flexibility index (Phi) is 6.22. The lowest BCUT2D eigenvalue weighted by atomic mass is 10.2. The monoisotopic (exact) mass is 214 g/mol. The van der Waals surface area contributed by atoms with E-state index in [0.29, 0.717) is 0 Å². The van der Waals surface area contributed by atoms with E-state index < -0.39 is 0 Å². The van der Waals surface area contributed by atoms with Crippen LogP contribution in [0.3, 0.4) is 0 Å². The van der Waals surface area contributed by atoms with Crippen molar-refractivity contribution in [1.29, 1.82) is 0 Å². The molecular weight excluding hydrogens is 188 g/mol. The fourth-order valence-electron chi connectivity index (χ4n) is 1.89. The maximum Gasteiger partial charge on any atom is 0.0477 e. The van der Waals surface area contributed by atoms with E-state index in [0.717, 1.165) is 25.6 Å². The first-order valence-electron chi connectivity index (χ1n) is 6.26. The summed E-state index contributed by atoms with van der Waals surface area (Å²) in [6, 6.07) is 1.12. The molecule has 0 spiro atoms. The molecule has 1 rings (SSSR count). The molecule has 1 unspecified atom stereocenters. The van der Waals surface area contributed by atoms with Gasteiger partial charge in [0.15, 0.2) is 0 Å². The summed E-state index contributed by atoms with van der Waals surface area (Å²) in [4.78, 5) is 2.57. The van der Waals surface area contributed by atoms with Crippen LogP contribution in [0.25, 0.3) is 0 Å². The van der Waals surface area contributed by atoms with Gasteiger partial charge in [-0.3, -0.25) is 4.90 Å². The fourth-order valence-corrected chi connectivity index (χ4v) is 1.89. The van der Waals surface area contributed by atoms with Crippen LogP contribution in [0.4, 0.5) is 0 Å². The number of rotatable bonds is 9. The largest absolute Gasteiger partial charge is 0.385 e. The van der Waals surface area contributed by atoms with E-state index in [2.05, 4.69) is 11.8 Å². The molecule has 3 nitrogen and oxygen atoms in total. The molecule has 2 N–H and O–H groups in total. The smallest absolute Gasteiger partial charge is 0.0477 e. The van der Waals surface area contributed by atoms with Gasteiger partial charge in [0, 0.05) is 32.3 Å². The Morgan fingerprint density at radius 1 is 1.47 bits per heavy atom. The molecule has 1 fully saturated rings. The molecular formula is C12H26N2O. The van der Waals surface area contributed by atoms with E-state index in [1.54, 1.807) is 7.11 Å². The van der Waals surface area contributed by atoms with Crippen LogP contribution in [0.1, 0.15) is 39.0 Å². The van der Waals surface area contributed by atoms with Crippen molar-refractivity contribution in [3.63, 3.8) is 0 Å². The summed E-state index contributed by atoms with van der Waals surface area (Å²) in [7, 11) is 1.74. The minimum Gasteiger partial charge on any atom is -0.385 e. The summed E-state index contributed by atoms with van der Waals surface area (Å²) in [5, 5.41) is 0. The predicted octanol–water partition coefficient (Wildman–Crippen LogP) is 1.61. The first-order valence-corrected chi connectivity index (χ1v) is 6.26. The number of ether oxygens (including phenoxy) is 1. The number of unbranched alkanes of at least 4 members (excludes halogenated alkanes) is 1. The average Bonchev–Trinajstić information content (AvgIpc) is 3.04. The zero-order valence-corrected chi connectivity index (χ0v) is 10.2. The highest BCUT2D eigenvalue weighted by Gasteiger charge is 2.29. The molecule has 0 saturated heterocycles. The van der Waals surface area contributed by atoms with E-state index in [1.807, 2.05) is 0 Å². The highest BCUT2D eigenvalue weighted by molar-refractivity contribution is 4.86. The lowest BCUT2D eigenvalue weighted by Gasteiger charge is -2.25. The van der Waals surface area contributed by atoms with Crippen LogP contribution in [-0.4, -0.2) is 43.8 Å². The molecule has 0 aromatic carbocycles. The van der Waals surface area contributed by atoms with E-state index in [9.17, 15) is 0 Å². The van der Waals surface area contributed by atoms with Gasteiger partial charge in [0.2, 0.25) is 0 Å². The summed E-state index contributed by atoms with van der Waals surface area (Å²) < 4.78 is 5.05. The van der Waals surface area contributed by atoms with Gasteiger partial charge in [-0.1, -0.05) is 13.3 Å². The molecule has 1 aliphatic carbocycles. The van der Waals surface area contributed by atoms with Crippen molar-refractivity contribution in [3.8, 4) is 0 Å². The number of nitrogens with zero attached hydrogens (tertiary/aromatic N) is 1. The van der Waals surface area contributed by atoms with Crippen molar-refractivity contribution in [2.24, 2.45) is 5.73 Å². The van der Waals surface area contributed by atoms with Crippen LogP contribution >= 0.6 is 0 Å². The van der Waals surface area contributed by atoms with E-state index in [4.69, 9.17) is 10.5 Å². The van der Waals surface area contributed by atoms with Gasteiger partial charge in [0.25, 0.3) is 0 Å². The Bertz CT molecular complexity index is 160. The summed E-state index contributed by atoms with van der Waals surface area (Å²) in [6.07, 6.45) is 6.30. The van der Waals surface area contributed by atoms with Crippen LogP contribution in [-0.2, 0) is 4.74 Å². The van der Waals surface area contributed by atoms with Crippen molar-refractivity contribution in [3.05, 3.63) is 0 Å². The van der Waals surface area contributed by atoms with E-state index >= 15 is 0 Å². The van der Waals surface area contributed by atoms with Crippen LogP contribution < -0.4 is 5.73 Å². The van der Waals surface area contributed by atoms with Gasteiger partial charge < -0.3 is 10.5 Å². The minimum atomic E-state index is 0.280. The Morgan fingerprint density at radius 3 is 2.73 bits per heavy atom. The van der Waals surface area contributed by atoms with Gasteiger partial charge in [-0.05, 0) is 32.2 Å². The molecule has 0 bridgehead atoms. The van der Waals surface area contributed by atoms with Gasteiger partial charge in [-0.15, -0.1) is 0 Å². The average molecular weight is 214 g/mol. The Balaban J connectivity index is 2.17. The summed E-state index contributed by atoms with van der Waals surface area (Å²) in [5.41, 5.74) is 6.08. The van der Waals surface area contributed by atoms with Crippen LogP contribution in [0.15, 0.2) is 0 Å². The zero-order chi connectivity index (χ0) is 11.1. The zero-order valence-electron chi connectivity index (χ0n) is 10.2. The molecule has 0 aliphatic heterocycles. The first-order chi connectivity index (χ1) is 7.27. The third kappa shape index (κ3) is 5.50. The Morgan fingerprint density at radius 2 is 2.20 bits per heavy atom. The normalized spacial score (nSPS) is 18.4. The van der Waals surface area contributed by atoms with E-state index in [-0.39, 0.29) is 6.04 Å². The molecule has 1 aliphatic rings. The lowest BCUT2D eigenvalue weighted by molar-refractivity contribution is 0.172. The molecule has 0 aromatic rings. The standard InChI is InChI=1S/C12H26N2O/c1-3-4-8-14(12-5-6-12)10-11(13)7-9-15-2/h11-12H,3-10,13H2,1-2H3. The predicted molar refractivity (Wildman–Crippen MR) is 64.0 cm³/mol. The molecule has 0 heterocycles. The third-order valence-electron chi connectivity index (χ3n) is 3.02. The van der Waals surface area contributed by atoms with Crippen molar-refractivity contribution < 1.29 is 4.74 Å². The molecule has 90 valence electrons. The second-order valence-corrected chi connectivity index (χ2v) is 4.62. The van der Waals surface area contributed by atoms with Crippen LogP contribution in [0, 0.1) is 0 Å². The van der Waals surface area contributed by atoms with Crippen molar-refractivity contribution >= 4 is 0 Å². The second kappa shape index (κ2) is 7.20. The summed E-state index contributed by atoms with van der Waals surface area (Å²) in [5.74, 6) is 0. The van der Waals surface area contributed by atoms with Gasteiger partial charge in [0.1, 0.15) is 0 Å². The molecule has 3 heteroatoms. The minimum absolute atomic E-state index is 0.280. The molecule has 0 aromatic heterocycles. The summed E-state index contributed by atoms with van der Waals surface area (Å²) >= 11 is 0. The van der Waals surface area contributed by atoms with Crippen molar-refractivity contribution in [1.82, 2.24) is 4.90 Å². The van der Waals surface area contributed by atoms with Crippen LogP contribution in [0.5, 0.6) is 0 Å². The quantitative estimate of drug-likeness (QED) is 0.634. The van der Waals surface area contributed by atoms with Crippen molar-refractivity contribution in [2.45, 2.75) is 51.1 Å². The van der Waals surface area contributed by atoms with Gasteiger partial charge in [-0.2, -0.15) is 0 Å². The summed E-state index contributed by atoms with van der Waals surface area (Å²) in [6.45, 7) is 5.30. The maximum atomic E-state index is 6.08. The third-order valence-corrected chi connectivity index (χ3v) is 3.02. The van der Waals surface area contributed by atoms with E-state index in [1.165, 1.54) is 32.2 Å². The number of hydrogen-bond donors (Lipinski definition) is 1. The first kappa shape index (κ1) is 12.9. The molecule has 0 radical (unpaired) electrons. The highest BCUT2D eigenvalue weighted by Crippen LogP contribution is 2.27. The lowest BCUT2D eigenvalue weighted by Crippen LogP contribution is -2.40. The van der Waals surface area contributed by atoms with Gasteiger partial charge in [0.05, 0.1) is 0 Å². The van der Waals surface area contributed by atoms with Gasteiger partial charge >= 0.3 is 0 Å². The molecule has 0 amide bonds. The number of hydrogen-bond acceptors (Lipinski definition) is 3. The van der Waals surface area contributed by atoms with Gasteiger partial charge in [-0.25, -0.2) is 0 Å². The maximum absolute atomic E-state index is 6.08. The highest BCUT2D eigenvalue weighted by atomic mass is 16.5. The fraction of sp³-hybridized carbons (Fsp3) is 1.00. The second-order valence-electron chi connectivity index (χ2n) is 4.62. The SMILES string of the molecule is CCCCN(CC(N)CCOC)C1CC1. The Hall–Kier alpha value is -0.120. The number of methoxy groups -OCH3 is 1.